The van der Waals surface area contributed by atoms with Crippen molar-refractivity contribution >= 4 is 33.0 Å². The molecule has 0 fully saturated rings. The number of nitriles is 1. The van der Waals surface area contributed by atoms with Crippen LogP contribution in [-0.2, 0) is 10.0 Å². The van der Waals surface area contributed by atoms with Gasteiger partial charge in [0.2, 0.25) is 0 Å². The highest BCUT2D eigenvalue weighted by Crippen LogP contribution is 2.22. The van der Waals surface area contributed by atoms with E-state index in [2.05, 4.69) is 4.72 Å². The minimum absolute atomic E-state index is 0.0580. The molecule has 0 heterocycles. The molecule has 3 N–H and O–H groups in total. The molecule has 0 radical (unpaired) electrons. The minimum Gasteiger partial charge on any atom is -0.399 e. The lowest BCUT2D eigenvalue weighted by molar-refractivity contribution is 0.601. The van der Waals surface area contributed by atoms with Gasteiger partial charge < -0.3 is 5.73 Å². The number of hydrogen-bond donors (Lipinski definition) is 2. The molecule has 0 spiro atoms. The maximum absolute atomic E-state index is 12.2. The molecule has 0 bridgehead atoms. The predicted molar refractivity (Wildman–Crippen MR) is 77.8 cm³/mol. The fraction of sp³-hybridized carbons (Fsp3) is 0. The Morgan fingerprint density at radius 2 is 1.80 bits per heavy atom. The first-order valence-corrected chi connectivity index (χ1v) is 7.36. The van der Waals surface area contributed by atoms with Crippen LogP contribution in [0.4, 0.5) is 11.4 Å². The molecule has 5 nitrogen and oxygen atoms in total. The maximum atomic E-state index is 12.2. The van der Waals surface area contributed by atoms with Crippen molar-refractivity contribution in [3.8, 4) is 6.07 Å². The SMILES string of the molecule is N#Cc1cc(N)ccc1NS(=O)(=O)c1ccc(Cl)cc1. The molecular weight excluding hydrogens is 298 g/mol. The van der Waals surface area contributed by atoms with Gasteiger partial charge in [-0.05, 0) is 42.5 Å². The van der Waals surface area contributed by atoms with Crippen LogP contribution in [0, 0.1) is 11.3 Å². The summed E-state index contributed by atoms with van der Waals surface area (Å²) in [5.41, 5.74) is 6.27. The van der Waals surface area contributed by atoms with E-state index in [1.807, 2.05) is 6.07 Å². The Balaban J connectivity index is 2.39. The first kappa shape index (κ1) is 14.2. The lowest BCUT2D eigenvalue weighted by Gasteiger charge is -2.10. The molecule has 0 saturated heterocycles. The monoisotopic (exact) mass is 307 g/mol. The average Bonchev–Trinajstić information content (AvgIpc) is 2.41. The Bertz CT molecular complexity index is 780. The van der Waals surface area contributed by atoms with Gasteiger partial charge in [0.1, 0.15) is 6.07 Å². The number of nitrogens with one attached hydrogen (secondary N) is 1. The van der Waals surface area contributed by atoms with Crippen molar-refractivity contribution in [2.45, 2.75) is 4.90 Å². The van der Waals surface area contributed by atoms with Gasteiger partial charge in [0, 0.05) is 10.7 Å². The third-order valence-corrected chi connectivity index (χ3v) is 4.17. The summed E-state index contributed by atoms with van der Waals surface area (Å²) in [6.07, 6.45) is 0. The number of nitrogens with zero attached hydrogens (tertiary/aromatic N) is 1. The highest BCUT2D eigenvalue weighted by Gasteiger charge is 2.16. The number of sulfonamides is 1. The van der Waals surface area contributed by atoms with Crippen LogP contribution in [0.3, 0.4) is 0 Å². The molecule has 2 aromatic carbocycles. The quantitative estimate of drug-likeness (QED) is 0.852. The van der Waals surface area contributed by atoms with Crippen LogP contribution in [0.25, 0.3) is 0 Å². The zero-order valence-electron chi connectivity index (χ0n) is 10.2. The molecule has 0 amide bonds. The molecule has 2 rings (SSSR count). The normalized spacial score (nSPS) is 10.8. The van der Waals surface area contributed by atoms with Crippen molar-refractivity contribution in [3.63, 3.8) is 0 Å². The third kappa shape index (κ3) is 3.02. The Morgan fingerprint density at radius 1 is 1.15 bits per heavy atom. The van der Waals surface area contributed by atoms with Crippen LogP contribution in [0.15, 0.2) is 47.4 Å². The zero-order chi connectivity index (χ0) is 14.8. The highest BCUT2D eigenvalue weighted by molar-refractivity contribution is 7.92. The summed E-state index contributed by atoms with van der Waals surface area (Å²) < 4.78 is 26.7. The van der Waals surface area contributed by atoms with Gasteiger partial charge in [-0.15, -0.1) is 0 Å². The van der Waals surface area contributed by atoms with E-state index in [4.69, 9.17) is 22.6 Å². The van der Waals surface area contributed by atoms with Crippen LogP contribution in [-0.4, -0.2) is 8.42 Å². The van der Waals surface area contributed by atoms with Crippen LogP contribution >= 0.6 is 11.6 Å². The molecule has 7 heteroatoms. The Labute approximate surface area is 121 Å². The van der Waals surface area contributed by atoms with E-state index < -0.39 is 10.0 Å². The number of rotatable bonds is 3. The molecule has 0 aliphatic rings. The van der Waals surface area contributed by atoms with Crippen molar-refractivity contribution in [2.24, 2.45) is 0 Å². The van der Waals surface area contributed by atoms with Crippen LogP contribution < -0.4 is 10.5 Å². The summed E-state index contributed by atoms with van der Waals surface area (Å²) in [5, 5.41) is 9.43. The Morgan fingerprint density at radius 3 is 2.40 bits per heavy atom. The first-order valence-electron chi connectivity index (χ1n) is 5.50. The van der Waals surface area contributed by atoms with E-state index in [1.54, 1.807) is 0 Å². The second kappa shape index (κ2) is 5.41. The van der Waals surface area contributed by atoms with Gasteiger partial charge in [-0.1, -0.05) is 11.6 Å². The van der Waals surface area contributed by atoms with Gasteiger partial charge in [-0.2, -0.15) is 5.26 Å². The summed E-state index contributed by atoms with van der Waals surface area (Å²) in [6, 6.07) is 12.0. The van der Waals surface area contributed by atoms with Gasteiger partial charge in [0.05, 0.1) is 16.1 Å². The molecule has 0 atom stereocenters. The van der Waals surface area contributed by atoms with Crippen molar-refractivity contribution in [1.82, 2.24) is 0 Å². The van der Waals surface area contributed by atoms with E-state index in [0.717, 1.165) is 0 Å². The van der Waals surface area contributed by atoms with Crippen LogP contribution in [0.2, 0.25) is 5.02 Å². The Kier molecular flexibility index (Phi) is 3.84. The largest absolute Gasteiger partial charge is 0.399 e. The molecule has 20 heavy (non-hydrogen) atoms. The summed E-state index contributed by atoms with van der Waals surface area (Å²) in [6.45, 7) is 0. The fourth-order valence-electron chi connectivity index (χ4n) is 1.56. The van der Waals surface area contributed by atoms with Crippen molar-refractivity contribution in [3.05, 3.63) is 53.1 Å². The molecule has 0 unspecified atom stereocenters. The highest BCUT2D eigenvalue weighted by atomic mass is 35.5. The van der Waals surface area contributed by atoms with Crippen LogP contribution in [0.5, 0.6) is 0 Å². The first-order chi connectivity index (χ1) is 9.42. The van der Waals surface area contributed by atoms with E-state index >= 15 is 0 Å². The Hall–Kier alpha value is -2.23. The number of hydrogen-bond acceptors (Lipinski definition) is 4. The third-order valence-electron chi connectivity index (χ3n) is 2.53. The number of nitrogens with two attached hydrogens (primary N) is 1. The van der Waals surface area contributed by atoms with Gasteiger partial charge in [0.15, 0.2) is 0 Å². The van der Waals surface area contributed by atoms with Crippen LogP contribution in [0.1, 0.15) is 5.56 Å². The molecule has 2 aromatic rings. The van der Waals surface area contributed by atoms with E-state index in [1.165, 1.54) is 42.5 Å². The molecule has 102 valence electrons. The second-order valence-corrected chi connectivity index (χ2v) is 6.10. The number of benzene rings is 2. The van der Waals surface area contributed by atoms with Crippen molar-refractivity contribution < 1.29 is 8.42 Å². The number of nitrogen functional groups attached to an aromatic ring is 1. The summed E-state index contributed by atoms with van der Waals surface area (Å²) in [5.74, 6) is 0. The summed E-state index contributed by atoms with van der Waals surface area (Å²) >= 11 is 5.71. The van der Waals surface area contributed by atoms with E-state index in [0.29, 0.717) is 10.7 Å². The average molecular weight is 308 g/mol. The molecule has 0 aliphatic heterocycles. The molecule has 0 aliphatic carbocycles. The standard InChI is InChI=1S/C13H10ClN3O2S/c14-10-1-4-12(5-2-10)20(18,19)17-13-6-3-11(16)7-9(13)8-15/h1-7,17H,16H2. The van der Waals surface area contributed by atoms with Gasteiger partial charge in [0.25, 0.3) is 10.0 Å². The molecular formula is C13H10ClN3O2S. The van der Waals surface area contributed by atoms with Gasteiger partial charge in [-0.25, -0.2) is 8.42 Å². The second-order valence-electron chi connectivity index (χ2n) is 3.98. The smallest absolute Gasteiger partial charge is 0.261 e. The van der Waals surface area contributed by atoms with Gasteiger partial charge >= 0.3 is 0 Å². The molecule has 0 aromatic heterocycles. The lowest BCUT2D eigenvalue weighted by atomic mass is 10.2. The van der Waals surface area contributed by atoms with Gasteiger partial charge in [-0.3, -0.25) is 4.72 Å². The fourth-order valence-corrected chi connectivity index (χ4v) is 2.77. The number of anilines is 2. The van der Waals surface area contributed by atoms with E-state index in [-0.39, 0.29) is 16.1 Å². The predicted octanol–water partition coefficient (Wildman–Crippen LogP) is 2.59. The lowest BCUT2D eigenvalue weighted by Crippen LogP contribution is -2.13. The topological polar surface area (TPSA) is 96.0 Å². The summed E-state index contributed by atoms with van der Waals surface area (Å²) in [4.78, 5) is 0.0580. The van der Waals surface area contributed by atoms with E-state index in [9.17, 15) is 8.42 Å². The zero-order valence-corrected chi connectivity index (χ0v) is 11.7. The van der Waals surface area contributed by atoms with Crippen molar-refractivity contribution in [2.75, 3.05) is 10.5 Å². The number of halogens is 1. The summed E-state index contributed by atoms with van der Waals surface area (Å²) in [7, 11) is -3.78. The minimum atomic E-state index is -3.78. The van der Waals surface area contributed by atoms with Crippen molar-refractivity contribution in [1.29, 1.82) is 5.26 Å². The molecule has 0 saturated carbocycles. The maximum Gasteiger partial charge on any atom is 0.261 e.